The summed E-state index contributed by atoms with van der Waals surface area (Å²) in [4.78, 5) is 0. The molecule has 0 bridgehead atoms. The van der Waals surface area contributed by atoms with E-state index in [-0.39, 0.29) is 6.10 Å². The predicted octanol–water partition coefficient (Wildman–Crippen LogP) is 4.18. The largest absolute Gasteiger partial charge is 0.393 e. The molecule has 0 saturated carbocycles. The molecule has 0 fully saturated rings. The summed E-state index contributed by atoms with van der Waals surface area (Å²) >= 11 is 0. The van der Waals surface area contributed by atoms with Gasteiger partial charge in [-0.15, -0.1) is 0 Å². The molecule has 2 atom stereocenters. The monoisotopic (exact) mass is 242 g/mol. The van der Waals surface area contributed by atoms with Crippen LogP contribution in [-0.2, 0) is 6.42 Å². The van der Waals surface area contributed by atoms with Gasteiger partial charge in [0.2, 0.25) is 0 Å². The molecule has 18 heavy (non-hydrogen) atoms. The van der Waals surface area contributed by atoms with E-state index in [0.717, 1.165) is 19.3 Å². The van der Waals surface area contributed by atoms with Gasteiger partial charge in [0, 0.05) is 0 Å². The van der Waals surface area contributed by atoms with Gasteiger partial charge < -0.3 is 5.11 Å². The van der Waals surface area contributed by atoms with Gasteiger partial charge in [0.15, 0.2) is 0 Å². The van der Waals surface area contributed by atoms with Gasteiger partial charge in [-0.05, 0) is 35.1 Å². The zero-order chi connectivity index (χ0) is 13.0. The van der Waals surface area contributed by atoms with E-state index < -0.39 is 0 Å². The molecule has 1 N–H and O–H groups in total. The fourth-order valence-electron chi connectivity index (χ4n) is 2.54. The quantitative estimate of drug-likeness (QED) is 0.834. The third-order valence-electron chi connectivity index (χ3n) is 3.71. The smallest absolute Gasteiger partial charge is 0.0606 e. The van der Waals surface area contributed by atoms with Crippen molar-refractivity contribution in [1.29, 1.82) is 0 Å². The van der Waals surface area contributed by atoms with Crippen LogP contribution in [0.1, 0.15) is 32.3 Å². The van der Waals surface area contributed by atoms with Crippen LogP contribution in [0.4, 0.5) is 0 Å². The standard InChI is InChI=1S/C17H22O/c1-3-7-13(2)17(18)12-15-10-6-9-14-8-4-5-11-16(14)15/h4-6,8-11,13,17-18H,3,7,12H2,1-2H3. The Labute approximate surface area is 109 Å². The Hall–Kier alpha value is -1.34. The maximum Gasteiger partial charge on any atom is 0.0606 e. The Morgan fingerprint density at radius 1 is 1.06 bits per heavy atom. The van der Waals surface area contributed by atoms with Gasteiger partial charge in [0.1, 0.15) is 0 Å². The molecule has 1 nitrogen and oxygen atoms in total. The van der Waals surface area contributed by atoms with Crippen LogP contribution >= 0.6 is 0 Å². The molecule has 0 heterocycles. The number of aliphatic hydroxyl groups excluding tert-OH is 1. The molecule has 2 aromatic rings. The Kier molecular flexibility index (Phi) is 4.38. The van der Waals surface area contributed by atoms with Crippen molar-refractivity contribution < 1.29 is 5.11 Å². The molecular weight excluding hydrogens is 220 g/mol. The van der Waals surface area contributed by atoms with Crippen LogP contribution in [0.3, 0.4) is 0 Å². The van der Waals surface area contributed by atoms with Crippen molar-refractivity contribution in [3.8, 4) is 0 Å². The summed E-state index contributed by atoms with van der Waals surface area (Å²) in [5.74, 6) is 0.369. The number of hydrogen-bond acceptors (Lipinski definition) is 1. The molecule has 0 aromatic heterocycles. The Bertz CT molecular complexity index is 498. The van der Waals surface area contributed by atoms with Gasteiger partial charge in [-0.3, -0.25) is 0 Å². The van der Waals surface area contributed by atoms with Crippen LogP contribution in [0, 0.1) is 5.92 Å². The summed E-state index contributed by atoms with van der Waals surface area (Å²) in [6.07, 6.45) is 2.73. The lowest BCUT2D eigenvalue weighted by Gasteiger charge is -2.19. The number of hydrogen-bond donors (Lipinski definition) is 1. The summed E-state index contributed by atoms with van der Waals surface area (Å²) in [6, 6.07) is 14.7. The third kappa shape index (κ3) is 2.91. The molecule has 96 valence electrons. The summed E-state index contributed by atoms with van der Waals surface area (Å²) in [7, 11) is 0. The van der Waals surface area contributed by atoms with Crippen LogP contribution in [0.2, 0.25) is 0 Å². The maximum atomic E-state index is 10.3. The Morgan fingerprint density at radius 3 is 2.56 bits per heavy atom. The highest BCUT2D eigenvalue weighted by atomic mass is 16.3. The molecule has 0 amide bonds. The van der Waals surface area contributed by atoms with Gasteiger partial charge in [-0.2, -0.15) is 0 Å². The summed E-state index contributed by atoms with van der Waals surface area (Å²) < 4.78 is 0. The second-order valence-corrected chi connectivity index (χ2v) is 5.18. The molecule has 2 unspecified atom stereocenters. The Balaban J connectivity index is 2.21. The third-order valence-corrected chi connectivity index (χ3v) is 3.71. The molecule has 0 aliphatic rings. The lowest BCUT2D eigenvalue weighted by molar-refractivity contribution is 0.112. The summed E-state index contributed by atoms with van der Waals surface area (Å²) in [5.41, 5.74) is 1.25. The lowest BCUT2D eigenvalue weighted by Crippen LogP contribution is -2.20. The molecule has 2 aromatic carbocycles. The van der Waals surface area contributed by atoms with Crippen LogP contribution in [-0.4, -0.2) is 11.2 Å². The first-order chi connectivity index (χ1) is 8.72. The zero-order valence-corrected chi connectivity index (χ0v) is 11.3. The summed E-state index contributed by atoms with van der Waals surface area (Å²) in [5, 5.41) is 12.8. The summed E-state index contributed by atoms with van der Waals surface area (Å²) in [6.45, 7) is 4.31. The highest BCUT2D eigenvalue weighted by molar-refractivity contribution is 5.85. The molecule has 0 aliphatic heterocycles. The van der Waals surface area contributed by atoms with Crippen molar-refractivity contribution in [3.63, 3.8) is 0 Å². The van der Waals surface area contributed by atoms with E-state index in [9.17, 15) is 5.11 Å². The maximum absolute atomic E-state index is 10.3. The zero-order valence-electron chi connectivity index (χ0n) is 11.3. The second-order valence-electron chi connectivity index (χ2n) is 5.18. The van der Waals surface area contributed by atoms with Crippen molar-refractivity contribution in [3.05, 3.63) is 48.0 Å². The van der Waals surface area contributed by atoms with E-state index in [2.05, 4.69) is 56.3 Å². The van der Waals surface area contributed by atoms with Gasteiger partial charge in [-0.25, -0.2) is 0 Å². The van der Waals surface area contributed by atoms with Gasteiger partial charge in [0.25, 0.3) is 0 Å². The van der Waals surface area contributed by atoms with Gasteiger partial charge in [-0.1, -0.05) is 62.7 Å². The minimum atomic E-state index is -0.240. The fourth-order valence-corrected chi connectivity index (χ4v) is 2.54. The van der Waals surface area contributed by atoms with E-state index in [0.29, 0.717) is 5.92 Å². The molecule has 0 spiro atoms. The van der Waals surface area contributed by atoms with E-state index in [1.165, 1.54) is 16.3 Å². The first-order valence-corrected chi connectivity index (χ1v) is 6.87. The average Bonchev–Trinajstić information content (AvgIpc) is 2.39. The van der Waals surface area contributed by atoms with Crippen molar-refractivity contribution in [2.75, 3.05) is 0 Å². The van der Waals surface area contributed by atoms with E-state index in [1.807, 2.05) is 0 Å². The molecule has 0 aliphatic carbocycles. The minimum Gasteiger partial charge on any atom is -0.393 e. The minimum absolute atomic E-state index is 0.240. The SMILES string of the molecule is CCCC(C)C(O)Cc1cccc2ccccc12. The van der Waals surface area contributed by atoms with Gasteiger partial charge in [0.05, 0.1) is 6.10 Å². The number of fused-ring (bicyclic) bond motifs is 1. The second kappa shape index (κ2) is 6.01. The van der Waals surface area contributed by atoms with Crippen molar-refractivity contribution in [2.45, 2.75) is 39.2 Å². The van der Waals surface area contributed by atoms with Crippen molar-refractivity contribution >= 4 is 10.8 Å². The average molecular weight is 242 g/mol. The van der Waals surface area contributed by atoms with Crippen molar-refractivity contribution in [1.82, 2.24) is 0 Å². The molecule has 0 radical (unpaired) electrons. The van der Waals surface area contributed by atoms with Crippen LogP contribution < -0.4 is 0 Å². The predicted molar refractivity (Wildman–Crippen MR) is 77.7 cm³/mol. The first-order valence-electron chi connectivity index (χ1n) is 6.87. The first kappa shape index (κ1) is 13.1. The van der Waals surface area contributed by atoms with Crippen LogP contribution in [0.5, 0.6) is 0 Å². The van der Waals surface area contributed by atoms with Crippen molar-refractivity contribution in [2.24, 2.45) is 5.92 Å². The van der Waals surface area contributed by atoms with E-state index >= 15 is 0 Å². The molecule has 2 rings (SSSR count). The lowest BCUT2D eigenvalue weighted by atomic mass is 9.92. The molecule has 1 heteroatoms. The normalized spacial score (nSPS) is 14.6. The highest BCUT2D eigenvalue weighted by Gasteiger charge is 2.14. The van der Waals surface area contributed by atoms with Crippen LogP contribution in [0.15, 0.2) is 42.5 Å². The Morgan fingerprint density at radius 2 is 1.78 bits per heavy atom. The van der Waals surface area contributed by atoms with Gasteiger partial charge >= 0.3 is 0 Å². The number of aliphatic hydroxyl groups is 1. The highest BCUT2D eigenvalue weighted by Crippen LogP contribution is 2.22. The fraction of sp³-hybridized carbons (Fsp3) is 0.412. The number of benzene rings is 2. The van der Waals surface area contributed by atoms with Crippen LogP contribution in [0.25, 0.3) is 10.8 Å². The molecule has 0 saturated heterocycles. The van der Waals surface area contributed by atoms with E-state index in [4.69, 9.17) is 0 Å². The number of rotatable bonds is 5. The van der Waals surface area contributed by atoms with E-state index in [1.54, 1.807) is 0 Å². The molecular formula is C17H22O. The topological polar surface area (TPSA) is 20.2 Å².